The van der Waals surface area contributed by atoms with Crippen molar-refractivity contribution in [3.8, 4) is 0 Å². The largest absolute Gasteiger partial charge is 0.397 e. The van der Waals surface area contributed by atoms with Gasteiger partial charge in [-0.2, -0.15) is 0 Å². The van der Waals surface area contributed by atoms with Gasteiger partial charge in [-0.1, -0.05) is 23.2 Å². The monoisotopic (exact) mass is 286 g/mol. The average Bonchev–Trinajstić information content (AvgIpc) is 2.70. The number of rotatable bonds is 3. The van der Waals surface area contributed by atoms with E-state index >= 15 is 0 Å². The molecule has 2 nitrogen and oxygen atoms in total. The highest BCUT2D eigenvalue weighted by Gasteiger charge is 2.09. The summed E-state index contributed by atoms with van der Waals surface area (Å²) in [7, 11) is 0. The Morgan fingerprint density at radius 2 is 2.00 bits per heavy atom. The van der Waals surface area contributed by atoms with E-state index in [1.807, 2.05) is 18.2 Å². The maximum Gasteiger partial charge on any atom is 0.0932 e. The Bertz CT molecular complexity index is 525. The molecule has 90 valence electrons. The third kappa shape index (κ3) is 3.06. The lowest BCUT2D eigenvalue weighted by atomic mass is 10.2. The van der Waals surface area contributed by atoms with Gasteiger partial charge in [0, 0.05) is 9.90 Å². The minimum atomic E-state index is 0.147. The fourth-order valence-electron chi connectivity index (χ4n) is 1.52. The van der Waals surface area contributed by atoms with Crippen LogP contribution in [0.2, 0.25) is 9.36 Å². The topological polar surface area (TPSA) is 38.0 Å². The normalized spacial score (nSPS) is 12.4. The van der Waals surface area contributed by atoms with Gasteiger partial charge in [0.2, 0.25) is 0 Å². The van der Waals surface area contributed by atoms with Crippen molar-refractivity contribution in [1.29, 1.82) is 0 Å². The van der Waals surface area contributed by atoms with Crippen LogP contribution < -0.4 is 11.1 Å². The van der Waals surface area contributed by atoms with Crippen LogP contribution in [0, 0.1) is 0 Å². The van der Waals surface area contributed by atoms with Gasteiger partial charge >= 0.3 is 0 Å². The van der Waals surface area contributed by atoms with Crippen molar-refractivity contribution < 1.29 is 0 Å². The Hall–Kier alpha value is -0.900. The second-order valence-electron chi connectivity index (χ2n) is 3.74. The number of hydrogen-bond acceptors (Lipinski definition) is 3. The minimum absolute atomic E-state index is 0.147. The van der Waals surface area contributed by atoms with Crippen molar-refractivity contribution >= 4 is 45.9 Å². The van der Waals surface area contributed by atoms with Gasteiger partial charge < -0.3 is 11.1 Å². The molecule has 1 unspecified atom stereocenters. The fraction of sp³-hybridized carbons (Fsp3) is 0.167. The number of thiophene rings is 1. The summed E-state index contributed by atoms with van der Waals surface area (Å²) in [4.78, 5) is 1.16. The summed E-state index contributed by atoms with van der Waals surface area (Å²) >= 11 is 13.4. The van der Waals surface area contributed by atoms with Gasteiger partial charge in [0.05, 0.1) is 21.8 Å². The molecule has 0 saturated heterocycles. The van der Waals surface area contributed by atoms with E-state index in [1.54, 1.807) is 23.5 Å². The van der Waals surface area contributed by atoms with Crippen LogP contribution in [0.5, 0.6) is 0 Å². The predicted molar refractivity (Wildman–Crippen MR) is 77.2 cm³/mol. The van der Waals surface area contributed by atoms with Crippen LogP contribution >= 0.6 is 34.5 Å². The summed E-state index contributed by atoms with van der Waals surface area (Å²) in [6.45, 7) is 2.06. The third-order valence-corrected chi connectivity index (χ3v) is 4.06. The number of benzene rings is 1. The van der Waals surface area contributed by atoms with Gasteiger partial charge in [-0.3, -0.25) is 0 Å². The molecule has 2 aromatic rings. The summed E-state index contributed by atoms with van der Waals surface area (Å²) in [5.41, 5.74) is 7.40. The lowest BCUT2D eigenvalue weighted by Gasteiger charge is -2.15. The van der Waals surface area contributed by atoms with Crippen molar-refractivity contribution in [1.82, 2.24) is 0 Å². The van der Waals surface area contributed by atoms with Crippen LogP contribution in [-0.4, -0.2) is 0 Å². The van der Waals surface area contributed by atoms with Crippen LogP contribution in [0.4, 0.5) is 11.4 Å². The summed E-state index contributed by atoms with van der Waals surface area (Å²) in [6.07, 6.45) is 0. The molecule has 0 spiro atoms. The van der Waals surface area contributed by atoms with Crippen LogP contribution in [0.25, 0.3) is 0 Å². The van der Waals surface area contributed by atoms with Gasteiger partial charge in [-0.05, 0) is 37.3 Å². The van der Waals surface area contributed by atoms with E-state index in [0.29, 0.717) is 10.7 Å². The van der Waals surface area contributed by atoms with Gasteiger partial charge in [-0.25, -0.2) is 0 Å². The van der Waals surface area contributed by atoms with Crippen molar-refractivity contribution in [2.24, 2.45) is 0 Å². The molecule has 0 radical (unpaired) electrons. The summed E-state index contributed by atoms with van der Waals surface area (Å²) in [5.74, 6) is 0. The van der Waals surface area contributed by atoms with E-state index in [2.05, 4.69) is 12.2 Å². The Kier molecular flexibility index (Phi) is 3.82. The minimum Gasteiger partial charge on any atom is -0.397 e. The second-order valence-corrected chi connectivity index (χ2v) is 5.92. The van der Waals surface area contributed by atoms with E-state index in [0.717, 1.165) is 14.9 Å². The second kappa shape index (κ2) is 5.17. The molecule has 0 amide bonds. The van der Waals surface area contributed by atoms with E-state index in [1.165, 1.54) is 0 Å². The zero-order valence-electron chi connectivity index (χ0n) is 9.21. The molecule has 17 heavy (non-hydrogen) atoms. The van der Waals surface area contributed by atoms with Crippen LogP contribution in [-0.2, 0) is 0 Å². The zero-order valence-corrected chi connectivity index (χ0v) is 11.5. The summed E-state index contributed by atoms with van der Waals surface area (Å²) in [6, 6.07) is 9.43. The molecule has 1 aromatic carbocycles. The first-order chi connectivity index (χ1) is 8.06. The molecule has 0 aliphatic heterocycles. The number of anilines is 2. The molecule has 3 N–H and O–H groups in total. The standard InChI is InChI=1S/C12H12Cl2N2S/c1-7(11-4-5-12(14)17-11)16-10-6-8(13)2-3-9(10)15/h2-7,16H,15H2,1H3. The van der Waals surface area contributed by atoms with Crippen LogP contribution in [0.3, 0.4) is 0 Å². The SMILES string of the molecule is CC(Nc1cc(Cl)ccc1N)c1ccc(Cl)s1. The third-order valence-electron chi connectivity index (χ3n) is 2.41. The first kappa shape index (κ1) is 12.6. The molecule has 0 aliphatic carbocycles. The van der Waals surface area contributed by atoms with Crippen molar-refractivity contribution in [2.75, 3.05) is 11.1 Å². The molecule has 0 aliphatic rings. The first-order valence-corrected chi connectivity index (χ1v) is 6.70. The van der Waals surface area contributed by atoms with Gasteiger partial charge in [-0.15, -0.1) is 11.3 Å². The van der Waals surface area contributed by atoms with E-state index in [4.69, 9.17) is 28.9 Å². The van der Waals surface area contributed by atoms with E-state index in [9.17, 15) is 0 Å². The van der Waals surface area contributed by atoms with E-state index < -0.39 is 0 Å². The van der Waals surface area contributed by atoms with Crippen molar-refractivity contribution in [3.05, 3.63) is 44.6 Å². The summed E-state index contributed by atoms with van der Waals surface area (Å²) in [5, 5.41) is 3.99. The number of halogens is 2. The number of nitrogens with one attached hydrogen (secondary N) is 1. The fourth-order valence-corrected chi connectivity index (χ4v) is 2.75. The smallest absolute Gasteiger partial charge is 0.0932 e. The highest BCUT2D eigenvalue weighted by molar-refractivity contribution is 7.16. The van der Waals surface area contributed by atoms with Crippen LogP contribution in [0.1, 0.15) is 17.8 Å². The maximum atomic E-state index is 5.94. The molecule has 5 heteroatoms. The predicted octanol–water partition coefficient (Wildman–Crippen LogP) is 4.81. The molecular weight excluding hydrogens is 275 g/mol. The van der Waals surface area contributed by atoms with Gasteiger partial charge in [0.15, 0.2) is 0 Å². The molecule has 0 fully saturated rings. The van der Waals surface area contributed by atoms with Crippen molar-refractivity contribution in [3.63, 3.8) is 0 Å². The summed E-state index contributed by atoms with van der Waals surface area (Å²) < 4.78 is 0.785. The maximum absolute atomic E-state index is 5.94. The Morgan fingerprint density at radius 3 is 2.65 bits per heavy atom. The lowest BCUT2D eigenvalue weighted by Crippen LogP contribution is -2.06. The molecule has 1 heterocycles. The first-order valence-electron chi connectivity index (χ1n) is 5.13. The lowest BCUT2D eigenvalue weighted by molar-refractivity contribution is 0.909. The zero-order chi connectivity index (χ0) is 12.4. The van der Waals surface area contributed by atoms with E-state index in [-0.39, 0.29) is 6.04 Å². The molecule has 1 atom stereocenters. The Morgan fingerprint density at radius 1 is 1.24 bits per heavy atom. The quantitative estimate of drug-likeness (QED) is 0.795. The molecular formula is C12H12Cl2N2S. The molecule has 0 bridgehead atoms. The molecule has 1 aromatic heterocycles. The van der Waals surface area contributed by atoms with Gasteiger partial charge in [0.1, 0.15) is 0 Å². The number of nitrogen functional groups attached to an aromatic ring is 1. The average molecular weight is 287 g/mol. The molecule has 2 rings (SSSR count). The number of nitrogens with two attached hydrogens (primary N) is 1. The van der Waals surface area contributed by atoms with Crippen LogP contribution in [0.15, 0.2) is 30.3 Å². The Balaban J connectivity index is 2.18. The highest BCUT2D eigenvalue weighted by Crippen LogP contribution is 2.31. The van der Waals surface area contributed by atoms with Gasteiger partial charge in [0.25, 0.3) is 0 Å². The van der Waals surface area contributed by atoms with Crippen molar-refractivity contribution in [2.45, 2.75) is 13.0 Å². The Labute approximate surface area is 114 Å². The molecule has 0 saturated carbocycles. The number of hydrogen-bond donors (Lipinski definition) is 2. The highest BCUT2D eigenvalue weighted by atomic mass is 35.5.